The molecule has 0 aromatic carbocycles. The summed E-state index contributed by atoms with van der Waals surface area (Å²) in [6, 6.07) is 3.80. The first-order valence-corrected chi connectivity index (χ1v) is 6.56. The molecule has 1 atom stereocenters. The van der Waals surface area contributed by atoms with Gasteiger partial charge >= 0.3 is 0 Å². The van der Waals surface area contributed by atoms with Gasteiger partial charge in [0, 0.05) is 17.3 Å². The SMILES string of the molecule is Cc1sc2c(c1C)C(=O)N[C@H](c1ccncc1)N2. The smallest absolute Gasteiger partial charge is 0.256 e. The Kier molecular flexibility index (Phi) is 2.56. The fourth-order valence-electron chi connectivity index (χ4n) is 2.10. The first kappa shape index (κ1) is 11.2. The monoisotopic (exact) mass is 259 g/mol. The van der Waals surface area contributed by atoms with Crippen LogP contribution in [0.1, 0.15) is 32.5 Å². The normalized spacial score (nSPS) is 17.9. The second kappa shape index (κ2) is 4.10. The fourth-order valence-corrected chi connectivity index (χ4v) is 3.18. The van der Waals surface area contributed by atoms with Crippen LogP contribution in [-0.4, -0.2) is 10.9 Å². The van der Waals surface area contributed by atoms with Crippen molar-refractivity contribution in [2.24, 2.45) is 0 Å². The zero-order valence-corrected chi connectivity index (χ0v) is 11.0. The summed E-state index contributed by atoms with van der Waals surface area (Å²) in [5, 5.41) is 7.29. The maximum Gasteiger partial charge on any atom is 0.256 e. The van der Waals surface area contributed by atoms with Crippen LogP contribution in [0.25, 0.3) is 0 Å². The lowest BCUT2D eigenvalue weighted by Crippen LogP contribution is -2.38. The van der Waals surface area contributed by atoms with Gasteiger partial charge in [-0.2, -0.15) is 0 Å². The van der Waals surface area contributed by atoms with E-state index in [4.69, 9.17) is 0 Å². The van der Waals surface area contributed by atoms with Crippen LogP contribution in [0.2, 0.25) is 0 Å². The molecule has 18 heavy (non-hydrogen) atoms. The zero-order valence-electron chi connectivity index (χ0n) is 10.2. The van der Waals surface area contributed by atoms with Gasteiger partial charge in [-0.1, -0.05) is 0 Å². The van der Waals surface area contributed by atoms with Crippen molar-refractivity contribution in [1.82, 2.24) is 10.3 Å². The van der Waals surface area contributed by atoms with E-state index in [1.165, 1.54) is 4.88 Å². The molecule has 0 saturated heterocycles. The number of aryl methyl sites for hydroxylation is 1. The third-order valence-electron chi connectivity index (χ3n) is 3.20. The van der Waals surface area contributed by atoms with Crippen LogP contribution >= 0.6 is 11.3 Å². The number of amides is 1. The molecule has 0 fully saturated rings. The Balaban J connectivity index is 2.00. The number of rotatable bonds is 1. The first-order chi connectivity index (χ1) is 8.66. The molecule has 2 aromatic rings. The topological polar surface area (TPSA) is 54.0 Å². The van der Waals surface area contributed by atoms with Crippen molar-refractivity contribution >= 4 is 22.2 Å². The Hall–Kier alpha value is -1.88. The Morgan fingerprint density at radius 3 is 2.67 bits per heavy atom. The van der Waals surface area contributed by atoms with Crippen molar-refractivity contribution in [3.63, 3.8) is 0 Å². The Labute approximate surface area is 109 Å². The first-order valence-electron chi connectivity index (χ1n) is 5.74. The Bertz CT molecular complexity index is 606. The van der Waals surface area contributed by atoms with Gasteiger partial charge in [-0.25, -0.2) is 0 Å². The maximum atomic E-state index is 12.1. The summed E-state index contributed by atoms with van der Waals surface area (Å²) in [6.07, 6.45) is 3.28. The highest BCUT2D eigenvalue weighted by Crippen LogP contribution is 2.37. The molecule has 92 valence electrons. The number of pyridine rings is 1. The fraction of sp³-hybridized carbons (Fsp3) is 0.231. The molecular weight excluding hydrogens is 246 g/mol. The average Bonchev–Trinajstić information content (AvgIpc) is 2.66. The minimum Gasteiger partial charge on any atom is -0.353 e. The summed E-state index contributed by atoms with van der Waals surface area (Å²) in [7, 11) is 0. The highest BCUT2D eigenvalue weighted by atomic mass is 32.1. The number of fused-ring (bicyclic) bond motifs is 1. The van der Waals surface area contributed by atoms with E-state index in [0.717, 1.165) is 21.7 Å². The lowest BCUT2D eigenvalue weighted by Gasteiger charge is -2.26. The largest absolute Gasteiger partial charge is 0.353 e. The van der Waals surface area contributed by atoms with Crippen molar-refractivity contribution in [3.8, 4) is 0 Å². The van der Waals surface area contributed by atoms with Crippen molar-refractivity contribution < 1.29 is 4.79 Å². The third kappa shape index (κ3) is 1.67. The molecule has 4 nitrogen and oxygen atoms in total. The van der Waals surface area contributed by atoms with Gasteiger partial charge in [-0.3, -0.25) is 9.78 Å². The Morgan fingerprint density at radius 2 is 1.94 bits per heavy atom. The predicted octanol–water partition coefficient (Wildman–Crippen LogP) is 2.61. The van der Waals surface area contributed by atoms with Crippen molar-refractivity contribution in [2.45, 2.75) is 20.0 Å². The van der Waals surface area contributed by atoms with E-state index >= 15 is 0 Å². The minimum atomic E-state index is -0.176. The van der Waals surface area contributed by atoms with E-state index in [1.807, 2.05) is 26.0 Å². The highest BCUT2D eigenvalue weighted by Gasteiger charge is 2.28. The van der Waals surface area contributed by atoms with Gasteiger partial charge in [0.15, 0.2) is 0 Å². The minimum absolute atomic E-state index is 0.00703. The lowest BCUT2D eigenvalue weighted by molar-refractivity contribution is 0.0936. The summed E-state index contributed by atoms with van der Waals surface area (Å²) in [4.78, 5) is 17.3. The molecular formula is C13H13N3OS. The van der Waals surface area contributed by atoms with Crippen molar-refractivity contribution in [2.75, 3.05) is 5.32 Å². The van der Waals surface area contributed by atoms with E-state index in [2.05, 4.69) is 15.6 Å². The number of anilines is 1. The second-order valence-corrected chi connectivity index (χ2v) is 5.54. The molecule has 2 N–H and O–H groups in total. The number of nitrogens with one attached hydrogen (secondary N) is 2. The summed E-state index contributed by atoms with van der Waals surface area (Å²) >= 11 is 1.63. The van der Waals surface area contributed by atoms with Gasteiger partial charge in [-0.05, 0) is 37.1 Å². The number of carbonyl (C=O) groups excluding carboxylic acids is 1. The molecule has 5 heteroatoms. The molecule has 1 aliphatic rings. The van der Waals surface area contributed by atoms with Crippen molar-refractivity contribution in [3.05, 3.63) is 46.1 Å². The summed E-state index contributed by atoms with van der Waals surface area (Å²) < 4.78 is 0. The number of hydrogen-bond donors (Lipinski definition) is 2. The molecule has 0 spiro atoms. The van der Waals surface area contributed by atoms with Crippen LogP contribution in [-0.2, 0) is 0 Å². The molecule has 0 bridgehead atoms. The van der Waals surface area contributed by atoms with Crippen LogP contribution < -0.4 is 10.6 Å². The van der Waals surface area contributed by atoms with E-state index in [1.54, 1.807) is 23.7 Å². The van der Waals surface area contributed by atoms with Crippen LogP contribution in [0.4, 0.5) is 5.00 Å². The maximum absolute atomic E-state index is 12.1. The zero-order chi connectivity index (χ0) is 12.7. The number of hydrogen-bond acceptors (Lipinski definition) is 4. The predicted molar refractivity (Wildman–Crippen MR) is 71.9 cm³/mol. The van der Waals surface area contributed by atoms with Gasteiger partial charge in [-0.15, -0.1) is 11.3 Å². The number of aromatic nitrogens is 1. The van der Waals surface area contributed by atoms with Crippen LogP contribution in [0.15, 0.2) is 24.5 Å². The number of carbonyl (C=O) groups is 1. The standard InChI is InChI=1S/C13H13N3OS/c1-7-8(2)18-13-10(7)12(17)15-11(16-13)9-3-5-14-6-4-9/h3-6,11,16H,1-2H3,(H,15,17)/t11-/m0/s1. The van der Waals surface area contributed by atoms with E-state index in [-0.39, 0.29) is 12.1 Å². The van der Waals surface area contributed by atoms with Crippen LogP contribution in [0.5, 0.6) is 0 Å². The molecule has 3 rings (SSSR count). The van der Waals surface area contributed by atoms with Crippen LogP contribution in [0.3, 0.4) is 0 Å². The van der Waals surface area contributed by atoms with Crippen LogP contribution in [0, 0.1) is 13.8 Å². The molecule has 2 aromatic heterocycles. The molecule has 0 radical (unpaired) electrons. The molecule has 0 unspecified atom stereocenters. The molecule has 3 heterocycles. The van der Waals surface area contributed by atoms with E-state index < -0.39 is 0 Å². The molecule has 0 aliphatic carbocycles. The van der Waals surface area contributed by atoms with Gasteiger partial charge in [0.2, 0.25) is 0 Å². The van der Waals surface area contributed by atoms with Crippen molar-refractivity contribution in [1.29, 1.82) is 0 Å². The van der Waals surface area contributed by atoms with E-state index in [9.17, 15) is 4.79 Å². The van der Waals surface area contributed by atoms with Gasteiger partial charge in [0.25, 0.3) is 5.91 Å². The summed E-state index contributed by atoms with van der Waals surface area (Å²) in [5.74, 6) is -0.00703. The Morgan fingerprint density at radius 1 is 1.22 bits per heavy atom. The summed E-state index contributed by atoms with van der Waals surface area (Å²) in [6.45, 7) is 4.02. The van der Waals surface area contributed by atoms with Gasteiger partial charge in [0.1, 0.15) is 11.2 Å². The molecule has 1 amide bonds. The molecule has 1 aliphatic heterocycles. The van der Waals surface area contributed by atoms with E-state index in [0.29, 0.717) is 0 Å². The average molecular weight is 259 g/mol. The van der Waals surface area contributed by atoms with Gasteiger partial charge < -0.3 is 10.6 Å². The quantitative estimate of drug-likeness (QED) is 0.827. The highest BCUT2D eigenvalue weighted by molar-refractivity contribution is 7.16. The van der Waals surface area contributed by atoms with Gasteiger partial charge in [0.05, 0.1) is 5.56 Å². The second-order valence-electron chi connectivity index (χ2n) is 4.32. The lowest BCUT2D eigenvalue weighted by atomic mass is 10.1. The number of thiophene rings is 1. The third-order valence-corrected chi connectivity index (χ3v) is 4.34. The number of nitrogens with zero attached hydrogens (tertiary/aromatic N) is 1. The molecule has 0 saturated carbocycles. The summed E-state index contributed by atoms with van der Waals surface area (Å²) in [5.41, 5.74) is 2.85.